The van der Waals surface area contributed by atoms with E-state index in [-0.39, 0.29) is 15.4 Å². The lowest BCUT2D eigenvalue weighted by atomic mass is 10.1. The van der Waals surface area contributed by atoms with Crippen LogP contribution >= 0.6 is 0 Å². The van der Waals surface area contributed by atoms with Crippen molar-refractivity contribution < 1.29 is 17.9 Å². The topological polar surface area (TPSA) is 75.7 Å². The Labute approximate surface area is 147 Å². The van der Waals surface area contributed by atoms with E-state index in [4.69, 9.17) is 4.74 Å². The number of anilines is 1. The first-order valence-electron chi connectivity index (χ1n) is 8.01. The standard InChI is InChI=1S/C18H20N2O4S/c1-24-14-4-2-5-15(12-14)25(22,23)18-7-3-6-17(16(18)13-21)20-10-8-19-9-11-20/h2-7,12-13,19H,8-11H2,1H3. The second-order valence-corrected chi connectivity index (χ2v) is 7.64. The molecule has 25 heavy (non-hydrogen) atoms. The number of carbonyl (C=O) groups is 1. The summed E-state index contributed by atoms with van der Waals surface area (Å²) in [4.78, 5) is 13.9. The van der Waals surface area contributed by atoms with Crippen molar-refractivity contribution in [2.75, 3.05) is 38.2 Å². The van der Waals surface area contributed by atoms with Crippen molar-refractivity contribution in [2.24, 2.45) is 0 Å². The Balaban J connectivity index is 2.10. The Morgan fingerprint density at radius 1 is 1.12 bits per heavy atom. The molecule has 1 N–H and O–H groups in total. The number of hydrogen-bond acceptors (Lipinski definition) is 6. The predicted molar refractivity (Wildman–Crippen MR) is 95.4 cm³/mol. The fraction of sp³-hybridized carbons (Fsp3) is 0.278. The highest BCUT2D eigenvalue weighted by molar-refractivity contribution is 7.91. The second kappa shape index (κ2) is 7.25. The van der Waals surface area contributed by atoms with Crippen molar-refractivity contribution in [3.8, 4) is 5.75 Å². The quantitative estimate of drug-likeness (QED) is 0.819. The van der Waals surface area contributed by atoms with E-state index in [0.717, 1.165) is 26.2 Å². The molecule has 1 heterocycles. The molecule has 0 spiro atoms. The summed E-state index contributed by atoms with van der Waals surface area (Å²) in [6, 6.07) is 11.2. The van der Waals surface area contributed by atoms with Crippen LogP contribution in [0, 0.1) is 0 Å². The normalized spacial score (nSPS) is 15.0. The van der Waals surface area contributed by atoms with Crippen LogP contribution in [0.1, 0.15) is 10.4 Å². The number of methoxy groups -OCH3 is 1. The molecule has 3 rings (SSSR count). The van der Waals surface area contributed by atoms with Crippen molar-refractivity contribution in [3.05, 3.63) is 48.0 Å². The van der Waals surface area contributed by atoms with Gasteiger partial charge in [-0.2, -0.15) is 0 Å². The highest BCUT2D eigenvalue weighted by atomic mass is 32.2. The Bertz CT molecular complexity index is 874. The predicted octanol–water partition coefficient (Wildman–Crippen LogP) is 1.75. The largest absolute Gasteiger partial charge is 0.497 e. The molecule has 132 valence electrons. The highest BCUT2D eigenvalue weighted by Crippen LogP contribution is 2.31. The summed E-state index contributed by atoms with van der Waals surface area (Å²) in [5.41, 5.74) is 0.854. The van der Waals surface area contributed by atoms with Crippen molar-refractivity contribution in [2.45, 2.75) is 9.79 Å². The summed E-state index contributed by atoms with van der Waals surface area (Å²) < 4.78 is 31.3. The molecule has 0 radical (unpaired) electrons. The van der Waals surface area contributed by atoms with Gasteiger partial charge < -0.3 is 15.0 Å². The van der Waals surface area contributed by atoms with Crippen molar-refractivity contribution in [1.82, 2.24) is 5.32 Å². The summed E-state index contributed by atoms with van der Waals surface area (Å²) in [6.07, 6.45) is 0.629. The Morgan fingerprint density at radius 2 is 1.84 bits per heavy atom. The van der Waals surface area contributed by atoms with Gasteiger partial charge in [0.05, 0.1) is 22.5 Å². The minimum Gasteiger partial charge on any atom is -0.497 e. The lowest BCUT2D eigenvalue weighted by molar-refractivity contribution is 0.112. The maximum absolute atomic E-state index is 13.1. The summed E-state index contributed by atoms with van der Waals surface area (Å²) in [6.45, 7) is 3.04. The molecule has 1 saturated heterocycles. The Kier molecular flexibility index (Phi) is 5.06. The Morgan fingerprint density at radius 3 is 2.52 bits per heavy atom. The summed E-state index contributed by atoms with van der Waals surface area (Å²) in [5, 5.41) is 3.24. The molecular weight excluding hydrogens is 340 g/mol. The minimum atomic E-state index is -3.83. The maximum atomic E-state index is 13.1. The monoisotopic (exact) mass is 360 g/mol. The first kappa shape index (κ1) is 17.4. The average Bonchev–Trinajstić information content (AvgIpc) is 2.68. The molecule has 6 nitrogen and oxygen atoms in total. The lowest BCUT2D eigenvalue weighted by Crippen LogP contribution is -2.44. The maximum Gasteiger partial charge on any atom is 0.207 e. The molecule has 1 fully saturated rings. The van der Waals surface area contributed by atoms with Crippen LogP contribution in [0.15, 0.2) is 52.3 Å². The van der Waals surface area contributed by atoms with Crippen LogP contribution in [0.5, 0.6) is 5.75 Å². The molecule has 0 aromatic heterocycles. The van der Waals surface area contributed by atoms with E-state index >= 15 is 0 Å². The lowest BCUT2D eigenvalue weighted by Gasteiger charge is -2.30. The molecule has 2 aromatic carbocycles. The van der Waals surface area contributed by atoms with E-state index < -0.39 is 9.84 Å². The van der Waals surface area contributed by atoms with Gasteiger partial charge in [0.15, 0.2) is 6.29 Å². The van der Waals surface area contributed by atoms with Gasteiger partial charge in [0.25, 0.3) is 0 Å². The average molecular weight is 360 g/mol. The number of benzene rings is 2. The minimum absolute atomic E-state index is 0.0202. The number of rotatable bonds is 5. The van der Waals surface area contributed by atoms with Gasteiger partial charge in [-0.25, -0.2) is 8.42 Å². The Hall–Kier alpha value is -2.38. The van der Waals surface area contributed by atoms with Gasteiger partial charge in [-0.3, -0.25) is 4.79 Å². The molecule has 2 aromatic rings. The van der Waals surface area contributed by atoms with Gasteiger partial charge in [0.1, 0.15) is 5.75 Å². The van der Waals surface area contributed by atoms with E-state index in [9.17, 15) is 13.2 Å². The summed E-state index contributed by atoms with van der Waals surface area (Å²) >= 11 is 0. The molecule has 0 amide bonds. The van der Waals surface area contributed by atoms with Gasteiger partial charge in [0, 0.05) is 31.9 Å². The van der Waals surface area contributed by atoms with Gasteiger partial charge in [-0.15, -0.1) is 0 Å². The summed E-state index contributed by atoms with van der Waals surface area (Å²) in [7, 11) is -2.35. The number of ether oxygens (including phenoxy) is 1. The third-order valence-electron chi connectivity index (χ3n) is 4.26. The van der Waals surface area contributed by atoms with Crippen LogP contribution in [-0.2, 0) is 9.84 Å². The van der Waals surface area contributed by atoms with Crippen LogP contribution in [0.2, 0.25) is 0 Å². The molecule has 7 heteroatoms. The molecule has 1 aliphatic heterocycles. The zero-order valence-electron chi connectivity index (χ0n) is 13.9. The van der Waals surface area contributed by atoms with Gasteiger partial charge in [0.2, 0.25) is 9.84 Å². The number of aldehydes is 1. The van der Waals surface area contributed by atoms with Gasteiger partial charge in [-0.1, -0.05) is 12.1 Å². The van der Waals surface area contributed by atoms with Gasteiger partial charge in [-0.05, 0) is 30.3 Å². The van der Waals surface area contributed by atoms with Crippen LogP contribution in [0.3, 0.4) is 0 Å². The van der Waals surface area contributed by atoms with E-state index in [0.29, 0.717) is 17.7 Å². The SMILES string of the molecule is COc1cccc(S(=O)(=O)c2cccc(N3CCNCC3)c2C=O)c1. The van der Waals surface area contributed by atoms with Gasteiger partial charge >= 0.3 is 0 Å². The molecule has 0 saturated carbocycles. The molecule has 0 aliphatic carbocycles. The van der Waals surface area contributed by atoms with Crippen LogP contribution in [0.4, 0.5) is 5.69 Å². The van der Waals surface area contributed by atoms with E-state index in [1.165, 1.54) is 25.3 Å². The zero-order valence-corrected chi connectivity index (χ0v) is 14.8. The molecular formula is C18H20N2O4S. The van der Waals surface area contributed by atoms with Crippen LogP contribution < -0.4 is 15.0 Å². The van der Waals surface area contributed by atoms with Crippen LogP contribution in [-0.4, -0.2) is 48.0 Å². The third-order valence-corrected chi connectivity index (χ3v) is 6.07. The first-order chi connectivity index (χ1) is 12.1. The number of sulfone groups is 1. The third kappa shape index (κ3) is 3.38. The fourth-order valence-corrected chi connectivity index (χ4v) is 4.44. The number of piperazine rings is 1. The van der Waals surface area contributed by atoms with Crippen molar-refractivity contribution in [1.29, 1.82) is 0 Å². The second-order valence-electron chi connectivity index (χ2n) is 5.73. The van der Waals surface area contributed by atoms with Crippen molar-refractivity contribution in [3.63, 3.8) is 0 Å². The number of nitrogens with one attached hydrogen (secondary N) is 1. The number of nitrogens with zero attached hydrogens (tertiary/aromatic N) is 1. The number of carbonyl (C=O) groups excluding carboxylic acids is 1. The molecule has 1 aliphatic rings. The van der Waals surface area contributed by atoms with Crippen LogP contribution in [0.25, 0.3) is 0 Å². The molecule has 0 atom stereocenters. The van der Waals surface area contributed by atoms with E-state index in [1.807, 2.05) is 4.90 Å². The number of hydrogen-bond donors (Lipinski definition) is 1. The smallest absolute Gasteiger partial charge is 0.207 e. The first-order valence-corrected chi connectivity index (χ1v) is 9.49. The zero-order chi connectivity index (χ0) is 17.9. The van der Waals surface area contributed by atoms with E-state index in [1.54, 1.807) is 24.3 Å². The van der Waals surface area contributed by atoms with Crippen molar-refractivity contribution >= 4 is 21.8 Å². The molecule has 0 bridgehead atoms. The van der Waals surface area contributed by atoms with E-state index in [2.05, 4.69) is 5.32 Å². The fourth-order valence-electron chi connectivity index (χ4n) is 2.96. The molecule has 0 unspecified atom stereocenters. The summed E-state index contributed by atoms with van der Waals surface area (Å²) in [5.74, 6) is 0.451. The highest BCUT2D eigenvalue weighted by Gasteiger charge is 2.25.